The molecule has 0 saturated heterocycles. The highest BCUT2D eigenvalue weighted by atomic mass is 16.5. The summed E-state index contributed by atoms with van der Waals surface area (Å²) in [5.74, 6) is 4.13. The molecule has 3 fully saturated rings. The zero-order valence-electron chi connectivity index (χ0n) is 27.8. The minimum Gasteiger partial charge on any atom is -0.463 e. The average molecular weight is 588 g/mol. The summed E-state index contributed by atoms with van der Waals surface area (Å²) in [5.41, 5.74) is 2.24. The van der Waals surface area contributed by atoms with Crippen LogP contribution in [0.25, 0.3) is 0 Å². The second-order valence-electron chi connectivity index (χ2n) is 15.7. The van der Waals surface area contributed by atoms with Crippen LogP contribution in [0.1, 0.15) is 118 Å². The number of hydrogen-bond donors (Lipinski definition) is 1. The van der Waals surface area contributed by atoms with Crippen LogP contribution in [0.2, 0.25) is 0 Å². The van der Waals surface area contributed by atoms with E-state index in [1.165, 1.54) is 56.9 Å². The van der Waals surface area contributed by atoms with Gasteiger partial charge >= 0.3 is 11.9 Å². The second-order valence-corrected chi connectivity index (χ2v) is 15.7. The van der Waals surface area contributed by atoms with Crippen LogP contribution in [0, 0.1) is 46.3 Å². The van der Waals surface area contributed by atoms with Gasteiger partial charge in [-0.25, -0.2) is 0 Å². The fraction of sp³-hybridized carbons (Fsp3) is 0.889. The molecule has 4 rings (SSSR count). The Morgan fingerprint density at radius 3 is 2.45 bits per heavy atom. The minimum atomic E-state index is -0.730. The number of rotatable bonds is 13. The van der Waals surface area contributed by atoms with Crippen LogP contribution in [0.15, 0.2) is 11.6 Å². The van der Waals surface area contributed by atoms with Gasteiger partial charge in [0.2, 0.25) is 0 Å². The number of aliphatic hydroxyl groups excluding tert-OH is 1. The number of hydrogen-bond acceptors (Lipinski definition) is 6. The summed E-state index contributed by atoms with van der Waals surface area (Å²) in [5, 5.41) is 9.87. The number of carbonyl (C=O) groups is 2. The predicted molar refractivity (Wildman–Crippen MR) is 168 cm³/mol. The molecule has 0 amide bonds. The molecule has 3 saturated carbocycles. The van der Waals surface area contributed by atoms with Gasteiger partial charge in [-0.3, -0.25) is 9.59 Å². The lowest BCUT2D eigenvalue weighted by Gasteiger charge is -2.58. The van der Waals surface area contributed by atoms with E-state index in [2.05, 4.69) is 40.7 Å². The molecular weight excluding hydrogens is 526 g/mol. The zero-order valence-corrected chi connectivity index (χ0v) is 27.8. The van der Waals surface area contributed by atoms with Crippen LogP contribution in [-0.4, -0.2) is 61.4 Å². The molecule has 6 nitrogen and oxygen atoms in total. The maximum Gasteiger partial charge on any atom is 0.306 e. The molecule has 0 aliphatic heterocycles. The third-order valence-electron chi connectivity index (χ3n) is 12.1. The van der Waals surface area contributed by atoms with E-state index in [1.54, 1.807) is 0 Å². The Labute approximate surface area is 256 Å². The Kier molecular flexibility index (Phi) is 11.3. The van der Waals surface area contributed by atoms with Crippen LogP contribution in [0.5, 0.6) is 0 Å². The highest BCUT2D eigenvalue weighted by Crippen LogP contribution is 2.67. The molecule has 9 atom stereocenters. The molecule has 0 aromatic rings. The monoisotopic (exact) mass is 587 g/mol. The summed E-state index contributed by atoms with van der Waals surface area (Å²) >= 11 is 0. The Morgan fingerprint density at radius 1 is 1.00 bits per heavy atom. The van der Waals surface area contributed by atoms with Gasteiger partial charge in [0.15, 0.2) is 0 Å². The first-order valence-electron chi connectivity index (χ1n) is 17.2. The topological polar surface area (TPSA) is 76.1 Å². The molecule has 4 aliphatic rings. The van der Waals surface area contributed by atoms with Crippen molar-refractivity contribution in [2.24, 2.45) is 46.3 Å². The van der Waals surface area contributed by atoms with E-state index in [0.717, 1.165) is 54.8 Å². The van der Waals surface area contributed by atoms with Crippen molar-refractivity contribution in [1.29, 1.82) is 0 Å². The lowest BCUT2D eigenvalue weighted by atomic mass is 9.47. The Bertz CT molecular complexity index is 960. The molecule has 0 aromatic carbocycles. The number of likely N-dealkylation sites (N-methyl/N-ethyl adjacent to an activating group) is 1. The summed E-state index contributed by atoms with van der Waals surface area (Å²) in [4.78, 5) is 26.5. The van der Waals surface area contributed by atoms with E-state index in [-0.39, 0.29) is 36.9 Å². The van der Waals surface area contributed by atoms with E-state index in [9.17, 15) is 14.7 Å². The number of carbonyl (C=O) groups excluding carboxylic acids is 2. The third kappa shape index (κ3) is 7.62. The minimum absolute atomic E-state index is 0.0120. The smallest absolute Gasteiger partial charge is 0.306 e. The molecular formula is C36H61NO5. The Balaban J connectivity index is 1.28. The van der Waals surface area contributed by atoms with Crippen LogP contribution < -0.4 is 0 Å². The highest BCUT2D eigenvalue weighted by molar-refractivity contribution is 5.77. The van der Waals surface area contributed by atoms with Gasteiger partial charge in [-0.1, -0.05) is 65.5 Å². The molecule has 42 heavy (non-hydrogen) atoms. The van der Waals surface area contributed by atoms with Gasteiger partial charge in [0.1, 0.15) is 18.8 Å². The largest absolute Gasteiger partial charge is 0.463 e. The lowest BCUT2D eigenvalue weighted by Crippen LogP contribution is -2.51. The average Bonchev–Trinajstić information content (AvgIpc) is 3.27. The first-order chi connectivity index (χ1) is 19.8. The quantitative estimate of drug-likeness (QED) is 0.182. The number of aliphatic hydroxyl groups is 1. The SMILES string of the molecule is CC(C)CCC[C@@H](C)[C@H]1CC[C@H]2[C@@H]3CC=C4C[C@@H](OC(=O)CCC(=O)OCC(O)CN(C)C)CC[C@]4(C)[C@H]3CC[C@]12C. The fourth-order valence-electron chi connectivity index (χ4n) is 9.94. The first-order valence-corrected chi connectivity index (χ1v) is 17.2. The first kappa shape index (κ1) is 33.5. The van der Waals surface area contributed by atoms with E-state index in [1.807, 2.05) is 19.0 Å². The molecule has 0 bridgehead atoms. The summed E-state index contributed by atoms with van der Waals surface area (Å²) in [6.45, 7) is 12.8. The predicted octanol–water partition coefficient (Wildman–Crippen LogP) is 7.19. The van der Waals surface area contributed by atoms with Crippen LogP contribution in [0.4, 0.5) is 0 Å². The molecule has 0 spiro atoms. The molecule has 240 valence electrons. The zero-order chi connectivity index (χ0) is 30.7. The summed E-state index contributed by atoms with van der Waals surface area (Å²) in [6.07, 6.45) is 15.4. The van der Waals surface area contributed by atoms with Gasteiger partial charge in [0.25, 0.3) is 0 Å². The maximum absolute atomic E-state index is 12.6. The van der Waals surface area contributed by atoms with Gasteiger partial charge in [0.05, 0.1) is 12.8 Å². The second kappa shape index (κ2) is 14.1. The number of allylic oxidation sites excluding steroid dienone is 1. The molecule has 0 radical (unpaired) electrons. The van der Waals surface area contributed by atoms with Crippen LogP contribution in [0.3, 0.4) is 0 Å². The molecule has 4 aliphatic carbocycles. The Hall–Kier alpha value is -1.40. The van der Waals surface area contributed by atoms with Crippen molar-refractivity contribution in [1.82, 2.24) is 4.90 Å². The Morgan fingerprint density at radius 2 is 1.74 bits per heavy atom. The van der Waals surface area contributed by atoms with Crippen LogP contribution in [-0.2, 0) is 19.1 Å². The van der Waals surface area contributed by atoms with Crippen molar-refractivity contribution in [3.05, 3.63) is 11.6 Å². The van der Waals surface area contributed by atoms with Crippen molar-refractivity contribution >= 4 is 11.9 Å². The van der Waals surface area contributed by atoms with Crippen molar-refractivity contribution in [3.63, 3.8) is 0 Å². The number of fused-ring (bicyclic) bond motifs is 5. The lowest BCUT2D eigenvalue weighted by molar-refractivity contribution is -0.156. The third-order valence-corrected chi connectivity index (χ3v) is 12.1. The van der Waals surface area contributed by atoms with Gasteiger partial charge in [0, 0.05) is 13.0 Å². The molecule has 0 heterocycles. The van der Waals surface area contributed by atoms with Gasteiger partial charge < -0.3 is 19.5 Å². The molecule has 6 heteroatoms. The van der Waals surface area contributed by atoms with Crippen molar-refractivity contribution < 1.29 is 24.2 Å². The number of esters is 2. The summed E-state index contributed by atoms with van der Waals surface area (Å²) in [7, 11) is 3.70. The van der Waals surface area contributed by atoms with Gasteiger partial charge in [-0.2, -0.15) is 0 Å². The van der Waals surface area contributed by atoms with E-state index >= 15 is 0 Å². The molecule has 1 unspecified atom stereocenters. The van der Waals surface area contributed by atoms with E-state index in [4.69, 9.17) is 9.47 Å². The van der Waals surface area contributed by atoms with Crippen LogP contribution >= 0.6 is 0 Å². The maximum atomic E-state index is 12.6. The van der Waals surface area contributed by atoms with Crippen molar-refractivity contribution in [3.8, 4) is 0 Å². The number of nitrogens with zero attached hydrogens (tertiary/aromatic N) is 1. The normalized spacial score (nSPS) is 35.6. The molecule has 0 aromatic heterocycles. The van der Waals surface area contributed by atoms with Crippen molar-refractivity contribution in [2.75, 3.05) is 27.2 Å². The van der Waals surface area contributed by atoms with Crippen molar-refractivity contribution in [2.45, 2.75) is 130 Å². The van der Waals surface area contributed by atoms with E-state index < -0.39 is 12.1 Å². The molecule has 1 N–H and O–H groups in total. The summed E-state index contributed by atoms with van der Waals surface area (Å²) < 4.78 is 11.0. The van der Waals surface area contributed by atoms with Gasteiger partial charge in [-0.15, -0.1) is 0 Å². The fourth-order valence-corrected chi connectivity index (χ4v) is 9.94. The summed E-state index contributed by atoms with van der Waals surface area (Å²) in [6, 6.07) is 0. The highest BCUT2D eigenvalue weighted by Gasteiger charge is 2.59. The van der Waals surface area contributed by atoms with Gasteiger partial charge in [-0.05, 0) is 105 Å². The number of ether oxygens (including phenoxy) is 2. The standard InChI is InChI=1S/C36H61NO5/c1-24(2)9-8-10-25(3)30-13-14-31-29-12-11-26-21-28(17-19-35(26,4)32(29)18-20-36(30,31)5)42-34(40)16-15-33(39)41-23-27(38)22-37(6)7/h11,24-25,27-32,38H,8-10,12-23H2,1-7H3/t25-,27?,28+,29+,30-,31+,32+,35+,36-/m1/s1. The van der Waals surface area contributed by atoms with E-state index in [0.29, 0.717) is 12.0 Å².